The van der Waals surface area contributed by atoms with Crippen molar-refractivity contribution < 1.29 is 14.7 Å². The summed E-state index contributed by atoms with van der Waals surface area (Å²) in [5.74, 6) is -1.55. The second-order valence-electron chi connectivity index (χ2n) is 3.87. The quantitative estimate of drug-likeness (QED) is 0.648. The Balaban J connectivity index is 2.89. The molecule has 0 bridgehead atoms. The molecule has 1 aromatic rings. The van der Waals surface area contributed by atoms with Gasteiger partial charge in [-0.05, 0) is 18.2 Å². The standard InChI is InChI=1S/C14H13Cl2NO3/c1-2-8-17(9-14(19)20)13(18)7-6-10-11(15)4-3-5-12(10)16/h2-7H,1,8-9H2,(H,19,20). The number of carbonyl (C=O) groups is 2. The summed E-state index contributed by atoms with van der Waals surface area (Å²) in [5, 5.41) is 9.56. The zero-order chi connectivity index (χ0) is 15.1. The highest BCUT2D eigenvalue weighted by Gasteiger charge is 2.13. The zero-order valence-corrected chi connectivity index (χ0v) is 12.1. The van der Waals surface area contributed by atoms with Gasteiger partial charge < -0.3 is 10.0 Å². The molecule has 0 atom stereocenters. The van der Waals surface area contributed by atoms with E-state index in [1.165, 1.54) is 18.2 Å². The Labute approximate surface area is 126 Å². The van der Waals surface area contributed by atoms with Gasteiger partial charge in [0.25, 0.3) is 0 Å². The SMILES string of the molecule is C=CCN(CC(=O)O)C(=O)C=Cc1c(Cl)cccc1Cl. The summed E-state index contributed by atoms with van der Waals surface area (Å²) in [5.41, 5.74) is 0.512. The number of hydrogen-bond acceptors (Lipinski definition) is 2. The van der Waals surface area contributed by atoms with Crippen LogP contribution >= 0.6 is 23.2 Å². The normalized spacial score (nSPS) is 10.5. The number of carboxylic acid groups (broad SMARTS) is 1. The van der Waals surface area contributed by atoms with Gasteiger partial charge in [-0.15, -0.1) is 6.58 Å². The Kier molecular flexibility index (Phi) is 6.28. The van der Waals surface area contributed by atoms with E-state index in [4.69, 9.17) is 28.3 Å². The van der Waals surface area contributed by atoms with Gasteiger partial charge in [0.1, 0.15) is 6.54 Å². The van der Waals surface area contributed by atoms with Crippen LogP contribution in [0.2, 0.25) is 10.0 Å². The monoisotopic (exact) mass is 313 g/mol. The van der Waals surface area contributed by atoms with Crippen LogP contribution < -0.4 is 0 Å². The Bertz CT molecular complexity index is 535. The Morgan fingerprint density at radius 3 is 2.40 bits per heavy atom. The lowest BCUT2D eigenvalue weighted by atomic mass is 10.2. The summed E-state index contributed by atoms with van der Waals surface area (Å²) in [6.45, 7) is 3.23. The molecule has 0 heterocycles. The Hall–Kier alpha value is -1.78. The van der Waals surface area contributed by atoms with Crippen molar-refractivity contribution >= 4 is 41.2 Å². The number of benzene rings is 1. The van der Waals surface area contributed by atoms with Crippen molar-refractivity contribution in [3.05, 3.63) is 52.5 Å². The summed E-state index contributed by atoms with van der Waals surface area (Å²) in [6, 6.07) is 4.99. The number of carbonyl (C=O) groups excluding carboxylic acids is 1. The van der Waals surface area contributed by atoms with Gasteiger partial charge >= 0.3 is 5.97 Å². The highest BCUT2D eigenvalue weighted by atomic mass is 35.5. The van der Waals surface area contributed by atoms with Crippen LogP contribution in [0.1, 0.15) is 5.56 Å². The summed E-state index contributed by atoms with van der Waals surface area (Å²) in [6.07, 6.45) is 4.15. The molecular formula is C14H13Cl2NO3. The molecule has 0 aliphatic heterocycles. The predicted octanol–water partition coefficient (Wildman–Crippen LogP) is 3.11. The molecule has 0 saturated heterocycles. The smallest absolute Gasteiger partial charge is 0.323 e. The van der Waals surface area contributed by atoms with Crippen molar-refractivity contribution in [3.63, 3.8) is 0 Å². The molecule has 0 fully saturated rings. The van der Waals surface area contributed by atoms with Crippen molar-refractivity contribution in [1.29, 1.82) is 0 Å². The molecule has 0 unspecified atom stereocenters. The van der Waals surface area contributed by atoms with Crippen LogP contribution in [0.25, 0.3) is 6.08 Å². The summed E-state index contributed by atoms with van der Waals surface area (Å²) < 4.78 is 0. The maximum Gasteiger partial charge on any atom is 0.323 e. The average Bonchev–Trinajstić information content (AvgIpc) is 2.37. The molecule has 4 nitrogen and oxygen atoms in total. The van der Waals surface area contributed by atoms with Crippen LogP contribution in [0.15, 0.2) is 36.9 Å². The second-order valence-corrected chi connectivity index (χ2v) is 4.68. The molecular weight excluding hydrogens is 301 g/mol. The number of halogens is 2. The number of hydrogen-bond donors (Lipinski definition) is 1. The molecule has 106 valence electrons. The van der Waals surface area contributed by atoms with Crippen LogP contribution in [-0.4, -0.2) is 35.0 Å². The molecule has 1 N–H and O–H groups in total. The topological polar surface area (TPSA) is 57.6 Å². The van der Waals surface area contributed by atoms with Gasteiger partial charge in [-0.1, -0.05) is 35.3 Å². The molecule has 6 heteroatoms. The van der Waals surface area contributed by atoms with E-state index in [1.54, 1.807) is 18.2 Å². The minimum absolute atomic E-state index is 0.145. The predicted molar refractivity (Wildman–Crippen MR) is 79.9 cm³/mol. The fourth-order valence-electron chi connectivity index (χ4n) is 1.48. The van der Waals surface area contributed by atoms with Gasteiger partial charge in [-0.25, -0.2) is 0 Å². The van der Waals surface area contributed by atoms with Crippen molar-refractivity contribution in [1.82, 2.24) is 4.90 Å². The fourth-order valence-corrected chi connectivity index (χ4v) is 2.00. The van der Waals surface area contributed by atoms with E-state index in [0.717, 1.165) is 4.90 Å². The zero-order valence-electron chi connectivity index (χ0n) is 10.6. The summed E-state index contributed by atoms with van der Waals surface area (Å²) in [7, 11) is 0. The first kappa shape index (κ1) is 16.3. The molecule has 0 radical (unpaired) electrons. The molecule has 1 aromatic carbocycles. The first-order valence-electron chi connectivity index (χ1n) is 5.69. The van der Waals surface area contributed by atoms with Gasteiger partial charge in [0.05, 0.1) is 0 Å². The van der Waals surface area contributed by atoms with E-state index in [1.807, 2.05) is 0 Å². The lowest BCUT2D eigenvalue weighted by Gasteiger charge is -2.16. The van der Waals surface area contributed by atoms with E-state index in [2.05, 4.69) is 6.58 Å². The third kappa shape index (κ3) is 4.72. The van der Waals surface area contributed by atoms with Gasteiger partial charge in [0.2, 0.25) is 5.91 Å². The van der Waals surface area contributed by atoms with E-state index >= 15 is 0 Å². The fraction of sp³-hybridized carbons (Fsp3) is 0.143. The third-order valence-corrected chi connectivity index (χ3v) is 3.04. The molecule has 0 aliphatic carbocycles. The lowest BCUT2D eigenvalue weighted by molar-refractivity contribution is -0.142. The minimum atomic E-state index is -1.09. The third-order valence-electron chi connectivity index (χ3n) is 2.38. The molecule has 20 heavy (non-hydrogen) atoms. The summed E-state index contributed by atoms with van der Waals surface area (Å²) >= 11 is 11.9. The van der Waals surface area contributed by atoms with Crippen LogP contribution in [0.3, 0.4) is 0 Å². The molecule has 0 saturated carbocycles. The van der Waals surface area contributed by atoms with Gasteiger partial charge in [-0.3, -0.25) is 9.59 Å². The largest absolute Gasteiger partial charge is 0.480 e. The first-order valence-corrected chi connectivity index (χ1v) is 6.45. The first-order chi connectivity index (χ1) is 9.45. The number of carboxylic acids is 1. The molecule has 0 aliphatic rings. The van der Waals surface area contributed by atoms with Gasteiger partial charge in [0, 0.05) is 28.2 Å². The number of nitrogens with zero attached hydrogens (tertiary/aromatic N) is 1. The molecule has 0 aromatic heterocycles. The maximum absolute atomic E-state index is 11.9. The van der Waals surface area contributed by atoms with E-state index in [-0.39, 0.29) is 6.54 Å². The number of rotatable bonds is 6. The van der Waals surface area contributed by atoms with Crippen LogP contribution in [0.4, 0.5) is 0 Å². The van der Waals surface area contributed by atoms with Crippen LogP contribution in [-0.2, 0) is 9.59 Å². The second kappa shape index (κ2) is 7.72. The lowest BCUT2D eigenvalue weighted by Crippen LogP contribution is -2.34. The highest BCUT2D eigenvalue weighted by molar-refractivity contribution is 6.37. The van der Waals surface area contributed by atoms with Crippen molar-refractivity contribution in [2.45, 2.75) is 0 Å². The van der Waals surface area contributed by atoms with E-state index < -0.39 is 18.4 Å². The average molecular weight is 314 g/mol. The maximum atomic E-state index is 11.9. The van der Waals surface area contributed by atoms with Crippen molar-refractivity contribution in [3.8, 4) is 0 Å². The molecule has 1 amide bonds. The van der Waals surface area contributed by atoms with Gasteiger partial charge in [0.15, 0.2) is 0 Å². The Morgan fingerprint density at radius 1 is 1.30 bits per heavy atom. The number of amides is 1. The van der Waals surface area contributed by atoms with Crippen LogP contribution in [0.5, 0.6) is 0 Å². The molecule has 1 rings (SSSR count). The van der Waals surface area contributed by atoms with Crippen molar-refractivity contribution in [2.24, 2.45) is 0 Å². The van der Waals surface area contributed by atoms with Crippen molar-refractivity contribution in [2.75, 3.05) is 13.1 Å². The van der Waals surface area contributed by atoms with Gasteiger partial charge in [-0.2, -0.15) is 0 Å². The van der Waals surface area contributed by atoms with E-state index in [9.17, 15) is 9.59 Å². The van der Waals surface area contributed by atoms with E-state index in [0.29, 0.717) is 15.6 Å². The highest BCUT2D eigenvalue weighted by Crippen LogP contribution is 2.25. The summed E-state index contributed by atoms with van der Waals surface area (Å²) in [4.78, 5) is 23.7. The number of aliphatic carboxylic acids is 1. The Morgan fingerprint density at radius 2 is 1.90 bits per heavy atom. The van der Waals surface area contributed by atoms with Crippen LogP contribution in [0, 0.1) is 0 Å². The minimum Gasteiger partial charge on any atom is -0.480 e. The molecule has 0 spiro atoms.